The molecule has 4 aromatic rings. The molecule has 4 amide bonds. The number of hydrogen-bond donors (Lipinski definition) is 6. The Hall–Kier alpha value is -7.26. The standard InChI is InChI=1S/C51H58F10N10O9/c1-48(2,50(56,57)58)41(64-46(75)78-5)43(73)63-38(21-30-10-7-29(8-11-30)9-12-31-13-14-40(62-24-31)68-17-19-71(77,20-18-68)33-27-80-28-33)39(72)26-69(67-44(74)42(65-47(76)79-6)49(3,4)51(59,60)61)25-34-35(52)22-32(23-36(34)53)37-15-16-70(66-37)45(54)55/h7-8,10-11,13-16,22-24,33,38-39,41-42,45,72,77H,17-21,25-28H2,1-6H3,(H3-,63,64,65,67,73,74,75,76)/p+1/t38-,39-,41+,42+/m0/s1. The Kier molecular flexibility index (Phi) is 19.4. The number of amides is 4. The second-order valence-corrected chi connectivity index (χ2v) is 20.2. The number of anilines is 1. The molecule has 2 aromatic heterocycles. The van der Waals surface area contributed by atoms with Gasteiger partial charge in [0.1, 0.15) is 55.8 Å². The van der Waals surface area contributed by atoms with Gasteiger partial charge in [-0.15, -0.1) is 0 Å². The summed E-state index contributed by atoms with van der Waals surface area (Å²) in [5.74, 6) is 0.505. The van der Waals surface area contributed by atoms with Crippen LogP contribution >= 0.6 is 0 Å². The lowest BCUT2D eigenvalue weighted by Crippen LogP contribution is -2.67. The number of halogens is 10. The summed E-state index contributed by atoms with van der Waals surface area (Å²) in [5.41, 5.74) is -4.58. The third-order valence-electron chi connectivity index (χ3n) is 14.0. The number of nitrogens with zero attached hydrogens (tertiary/aromatic N) is 6. The van der Waals surface area contributed by atoms with E-state index in [1.807, 2.05) is 15.6 Å². The van der Waals surface area contributed by atoms with Crippen LogP contribution in [0.1, 0.15) is 56.5 Å². The maximum atomic E-state index is 16.0. The highest BCUT2D eigenvalue weighted by molar-refractivity contribution is 5.87. The summed E-state index contributed by atoms with van der Waals surface area (Å²) in [4.78, 5) is 59.4. The van der Waals surface area contributed by atoms with Gasteiger partial charge in [-0.3, -0.25) is 15.0 Å². The van der Waals surface area contributed by atoms with Gasteiger partial charge in [-0.2, -0.15) is 44.9 Å². The van der Waals surface area contributed by atoms with E-state index in [2.05, 4.69) is 36.7 Å². The number of quaternary nitrogens is 1. The van der Waals surface area contributed by atoms with E-state index in [1.54, 1.807) is 23.6 Å². The normalized spacial score (nSPS) is 16.6. The van der Waals surface area contributed by atoms with E-state index in [0.717, 1.165) is 26.5 Å². The Morgan fingerprint density at radius 1 is 0.812 bits per heavy atom. The topological polar surface area (TPSA) is 222 Å². The third-order valence-corrected chi connectivity index (χ3v) is 14.0. The van der Waals surface area contributed by atoms with E-state index in [1.165, 1.54) is 24.3 Å². The SMILES string of the molecule is COC(=O)N[C@H](C(=O)N[C@@H](Cc1ccc(C#Cc2ccc(N3CC[N+](O)(C4COC4)CC3)nc2)cc1)[C@@H](O)CN(Cc1c(F)cc(-c2ccn(C(F)F)n2)cc1F)NC(=O)[C@@H](NC(=O)OC)C(C)(C)C(F)(F)F)C(C)(C)C(F)(F)F. The highest BCUT2D eigenvalue weighted by atomic mass is 19.4. The van der Waals surface area contributed by atoms with Crippen LogP contribution in [0.15, 0.2) is 67.0 Å². The van der Waals surface area contributed by atoms with Gasteiger partial charge in [-0.05, 0) is 82.1 Å². The molecule has 2 saturated heterocycles. The van der Waals surface area contributed by atoms with Gasteiger partial charge >= 0.3 is 31.1 Å². The van der Waals surface area contributed by atoms with Crippen LogP contribution in [0, 0.1) is 34.3 Å². The molecule has 0 unspecified atom stereocenters. The summed E-state index contributed by atoms with van der Waals surface area (Å²) in [5, 5.41) is 33.0. The first-order valence-corrected chi connectivity index (χ1v) is 24.5. The van der Waals surface area contributed by atoms with E-state index < -0.39 is 115 Å². The minimum atomic E-state index is -5.24. The molecule has 29 heteroatoms. The number of benzene rings is 2. The number of piperazine rings is 1. The molecule has 2 aromatic carbocycles. The first-order valence-electron chi connectivity index (χ1n) is 24.5. The van der Waals surface area contributed by atoms with Crippen LogP contribution in [-0.4, -0.2) is 162 Å². The minimum absolute atomic E-state index is 0.0399. The monoisotopic (exact) mass is 1150 g/mol. The van der Waals surface area contributed by atoms with Gasteiger partial charge in [-0.1, -0.05) is 24.0 Å². The first kappa shape index (κ1) is 61.9. The summed E-state index contributed by atoms with van der Waals surface area (Å²) in [6.07, 6.45) is -13.7. The Morgan fingerprint density at radius 2 is 1.35 bits per heavy atom. The van der Waals surface area contributed by atoms with Crippen molar-refractivity contribution in [1.82, 2.24) is 41.1 Å². The van der Waals surface area contributed by atoms with E-state index in [0.29, 0.717) is 101 Å². The highest BCUT2D eigenvalue weighted by Gasteiger charge is 2.57. The largest absolute Gasteiger partial charge is 0.453 e. The molecule has 0 radical (unpaired) electrons. The minimum Gasteiger partial charge on any atom is -0.453 e. The van der Waals surface area contributed by atoms with Crippen LogP contribution < -0.4 is 26.3 Å². The Bertz CT molecular complexity index is 2860. The third kappa shape index (κ3) is 14.7. The number of hydroxylamine groups is 3. The molecule has 19 nitrogen and oxygen atoms in total. The molecule has 0 spiro atoms. The van der Waals surface area contributed by atoms with E-state index in [-0.39, 0.29) is 32.2 Å². The fourth-order valence-electron chi connectivity index (χ4n) is 8.47. The van der Waals surface area contributed by atoms with Crippen LogP contribution in [0.3, 0.4) is 0 Å². The number of aliphatic hydroxyl groups excluding tert-OH is 1. The zero-order valence-corrected chi connectivity index (χ0v) is 43.9. The summed E-state index contributed by atoms with van der Waals surface area (Å²) < 4.78 is 160. The molecule has 2 aliphatic rings. The molecule has 4 atom stereocenters. The van der Waals surface area contributed by atoms with Crippen LogP contribution in [-0.2, 0) is 36.8 Å². The average molecular weight is 1150 g/mol. The van der Waals surface area contributed by atoms with Crippen molar-refractivity contribution in [1.29, 1.82) is 0 Å². The lowest BCUT2D eigenvalue weighted by atomic mass is 9.82. The number of pyridine rings is 1. The Labute approximate surface area is 452 Å². The van der Waals surface area contributed by atoms with Gasteiger partial charge in [0.15, 0.2) is 6.04 Å². The number of carbonyl (C=O) groups is 4. The number of hydrazine groups is 1. The quantitative estimate of drug-likeness (QED) is 0.0275. The fraction of sp³-hybridized carbons (Fsp3) is 0.490. The fourth-order valence-corrected chi connectivity index (χ4v) is 8.47. The molecular weight excluding hydrogens is 1090 g/mol. The van der Waals surface area contributed by atoms with Crippen molar-refractivity contribution in [2.24, 2.45) is 10.8 Å². The van der Waals surface area contributed by atoms with Gasteiger partial charge in [0, 0.05) is 47.7 Å². The maximum absolute atomic E-state index is 16.0. The molecule has 4 heterocycles. The molecular formula is C51H59F10N10O9+. The number of alkyl carbamates (subject to hydrolysis) is 2. The lowest BCUT2D eigenvalue weighted by molar-refractivity contribution is -1.12. The second-order valence-electron chi connectivity index (χ2n) is 20.2. The number of ether oxygens (including phenoxy) is 3. The molecule has 6 rings (SSSR count). The summed E-state index contributed by atoms with van der Waals surface area (Å²) in [6.45, 7) is -0.0827. The molecule has 80 heavy (non-hydrogen) atoms. The maximum Gasteiger partial charge on any atom is 0.407 e. The number of hydrogen-bond acceptors (Lipinski definition) is 13. The van der Waals surface area contributed by atoms with Gasteiger partial charge in [0.05, 0.1) is 56.0 Å². The zero-order valence-electron chi connectivity index (χ0n) is 43.9. The van der Waals surface area contributed by atoms with E-state index >= 15 is 8.78 Å². The van der Waals surface area contributed by atoms with Crippen molar-refractivity contribution in [3.05, 3.63) is 101 Å². The van der Waals surface area contributed by atoms with E-state index in [9.17, 15) is 64.6 Å². The summed E-state index contributed by atoms with van der Waals surface area (Å²) in [6, 6.07) is 5.03. The van der Waals surface area contributed by atoms with Gasteiger partial charge in [-0.25, -0.2) is 38.3 Å². The Morgan fingerprint density at radius 3 is 1.82 bits per heavy atom. The molecule has 436 valence electrons. The number of methoxy groups -OCH3 is 2. The summed E-state index contributed by atoms with van der Waals surface area (Å²) >= 11 is 0. The van der Waals surface area contributed by atoms with Crippen LogP contribution in [0.2, 0.25) is 0 Å². The van der Waals surface area contributed by atoms with Crippen molar-refractivity contribution < 1.29 is 92.3 Å². The predicted octanol–water partition coefficient (Wildman–Crippen LogP) is 5.99. The molecule has 2 fully saturated rings. The average Bonchev–Trinajstić information content (AvgIpc) is 3.90. The van der Waals surface area contributed by atoms with Gasteiger partial charge in [0.2, 0.25) is 5.91 Å². The number of aromatic nitrogens is 3. The molecule has 2 aliphatic heterocycles. The van der Waals surface area contributed by atoms with Gasteiger partial charge < -0.3 is 40.2 Å². The number of carbonyl (C=O) groups excluding carboxylic acids is 4. The molecule has 0 saturated carbocycles. The van der Waals surface area contributed by atoms with Gasteiger partial charge in [0.25, 0.3) is 5.91 Å². The predicted molar refractivity (Wildman–Crippen MR) is 263 cm³/mol. The zero-order chi connectivity index (χ0) is 59.1. The Balaban J connectivity index is 1.32. The van der Waals surface area contributed by atoms with Crippen molar-refractivity contribution in [3.63, 3.8) is 0 Å². The first-order chi connectivity index (χ1) is 37.4. The number of alkyl halides is 8. The molecule has 6 N–H and O–H groups in total. The van der Waals surface area contributed by atoms with Crippen LogP contribution in [0.4, 0.5) is 59.3 Å². The van der Waals surface area contributed by atoms with E-state index in [4.69, 9.17) is 4.74 Å². The number of aliphatic hydroxyl groups is 1. The van der Waals surface area contributed by atoms with Crippen molar-refractivity contribution >= 4 is 29.8 Å². The smallest absolute Gasteiger partial charge is 0.407 e. The van der Waals surface area contributed by atoms with Crippen LogP contribution in [0.25, 0.3) is 11.3 Å². The van der Waals surface area contributed by atoms with Crippen molar-refractivity contribution in [2.75, 3.05) is 65.1 Å². The highest BCUT2D eigenvalue weighted by Crippen LogP contribution is 2.42. The summed E-state index contributed by atoms with van der Waals surface area (Å²) in [7, 11) is 1.59. The van der Waals surface area contributed by atoms with Crippen molar-refractivity contribution in [3.8, 4) is 23.1 Å². The molecule has 0 bridgehead atoms. The lowest BCUT2D eigenvalue weighted by Gasteiger charge is -2.46. The second kappa shape index (κ2) is 25.0. The van der Waals surface area contributed by atoms with Crippen molar-refractivity contribution in [2.45, 2.75) is 89.8 Å². The number of rotatable bonds is 19. The number of nitrogens with one attached hydrogen (secondary N) is 4. The van der Waals surface area contributed by atoms with Crippen LogP contribution in [0.5, 0.6) is 0 Å². The molecule has 0 aliphatic carbocycles.